The summed E-state index contributed by atoms with van der Waals surface area (Å²) in [6.07, 6.45) is 2.09. The van der Waals surface area contributed by atoms with Crippen molar-refractivity contribution < 1.29 is 5.11 Å². The fraction of sp³-hybridized carbons (Fsp3) is 0.556. The Bertz CT molecular complexity index is 623. The van der Waals surface area contributed by atoms with E-state index in [0.29, 0.717) is 0 Å². The van der Waals surface area contributed by atoms with Crippen LogP contribution in [0.25, 0.3) is 10.9 Å². The van der Waals surface area contributed by atoms with Crippen molar-refractivity contribution in [2.45, 2.75) is 39.7 Å². The van der Waals surface area contributed by atoms with Crippen molar-refractivity contribution >= 4 is 10.9 Å². The molecule has 2 heterocycles. The SMILES string of the molecule is Cc1ccc2[nH]c(C)c(C(O)CN3CCC(C)CC3)c2c1. The Morgan fingerprint density at radius 1 is 1.29 bits per heavy atom. The third-order valence-corrected chi connectivity index (χ3v) is 4.83. The van der Waals surface area contributed by atoms with Crippen LogP contribution in [0.15, 0.2) is 18.2 Å². The van der Waals surface area contributed by atoms with Crippen molar-refractivity contribution in [1.82, 2.24) is 9.88 Å². The third-order valence-electron chi connectivity index (χ3n) is 4.83. The molecule has 1 aromatic heterocycles. The van der Waals surface area contributed by atoms with Crippen LogP contribution in [0, 0.1) is 19.8 Å². The smallest absolute Gasteiger partial charge is 0.0940 e. The van der Waals surface area contributed by atoms with E-state index in [1.807, 2.05) is 0 Å². The van der Waals surface area contributed by atoms with Gasteiger partial charge in [-0.25, -0.2) is 0 Å². The summed E-state index contributed by atoms with van der Waals surface area (Å²) < 4.78 is 0. The van der Waals surface area contributed by atoms with Crippen LogP contribution < -0.4 is 0 Å². The molecule has 2 N–H and O–H groups in total. The van der Waals surface area contributed by atoms with E-state index in [2.05, 4.69) is 48.9 Å². The normalized spacial score (nSPS) is 19.2. The Morgan fingerprint density at radius 3 is 2.71 bits per heavy atom. The van der Waals surface area contributed by atoms with Gasteiger partial charge in [0.25, 0.3) is 0 Å². The molecular weight excluding hydrogens is 260 g/mol. The van der Waals surface area contributed by atoms with E-state index in [-0.39, 0.29) is 0 Å². The van der Waals surface area contributed by atoms with Crippen LogP contribution in [0.4, 0.5) is 0 Å². The van der Waals surface area contributed by atoms with Gasteiger partial charge in [0.2, 0.25) is 0 Å². The maximum atomic E-state index is 10.7. The maximum absolute atomic E-state index is 10.7. The molecule has 1 fully saturated rings. The molecule has 0 bridgehead atoms. The van der Waals surface area contributed by atoms with Crippen LogP contribution in [0.2, 0.25) is 0 Å². The topological polar surface area (TPSA) is 39.3 Å². The van der Waals surface area contributed by atoms with E-state index < -0.39 is 6.10 Å². The third kappa shape index (κ3) is 2.99. The van der Waals surface area contributed by atoms with Crippen LogP contribution in [-0.2, 0) is 0 Å². The highest BCUT2D eigenvalue weighted by Crippen LogP contribution is 2.30. The highest BCUT2D eigenvalue weighted by molar-refractivity contribution is 5.85. The van der Waals surface area contributed by atoms with E-state index in [9.17, 15) is 5.11 Å². The minimum atomic E-state index is -0.408. The first-order valence-electron chi connectivity index (χ1n) is 8.04. The second kappa shape index (κ2) is 5.82. The lowest BCUT2D eigenvalue weighted by atomic mass is 9.98. The number of aromatic amines is 1. The van der Waals surface area contributed by atoms with E-state index in [4.69, 9.17) is 0 Å². The van der Waals surface area contributed by atoms with Gasteiger partial charge in [-0.1, -0.05) is 18.6 Å². The predicted molar refractivity (Wildman–Crippen MR) is 87.6 cm³/mol. The lowest BCUT2D eigenvalue weighted by Crippen LogP contribution is -2.36. The summed E-state index contributed by atoms with van der Waals surface area (Å²) in [7, 11) is 0. The molecule has 2 aromatic rings. The summed E-state index contributed by atoms with van der Waals surface area (Å²) in [5.41, 5.74) is 4.53. The molecule has 1 saturated heterocycles. The summed E-state index contributed by atoms with van der Waals surface area (Å²) in [6.45, 7) is 9.45. The van der Waals surface area contributed by atoms with E-state index in [1.165, 1.54) is 23.8 Å². The summed E-state index contributed by atoms with van der Waals surface area (Å²) in [5.74, 6) is 0.830. The van der Waals surface area contributed by atoms with Crippen molar-refractivity contribution in [2.24, 2.45) is 5.92 Å². The minimum Gasteiger partial charge on any atom is -0.387 e. The molecule has 21 heavy (non-hydrogen) atoms. The number of nitrogens with zero attached hydrogens (tertiary/aromatic N) is 1. The monoisotopic (exact) mass is 286 g/mol. The van der Waals surface area contributed by atoms with Gasteiger partial charge in [-0.15, -0.1) is 0 Å². The zero-order valence-corrected chi connectivity index (χ0v) is 13.3. The summed E-state index contributed by atoms with van der Waals surface area (Å²) in [5, 5.41) is 11.9. The number of H-pyrrole nitrogens is 1. The van der Waals surface area contributed by atoms with Crippen LogP contribution in [0.1, 0.15) is 42.7 Å². The van der Waals surface area contributed by atoms with Crippen molar-refractivity contribution in [3.8, 4) is 0 Å². The van der Waals surface area contributed by atoms with Gasteiger partial charge in [0.15, 0.2) is 0 Å². The molecule has 1 unspecified atom stereocenters. The van der Waals surface area contributed by atoms with Crippen molar-refractivity contribution in [3.63, 3.8) is 0 Å². The number of rotatable bonds is 3. The number of β-amino-alcohol motifs (C(OH)–C–C–N with tert-alkyl or cyclic N) is 1. The molecule has 1 aliphatic rings. The zero-order chi connectivity index (χ0) is 15.0. The van der Waals surface area contributed by atoms with Gasteiger partial charge in [-0.2, -0.15) is 0 Å². The fourth-order valence-electron chi connectivity index (χ4n) is 3.47. The van der Waals surface area contributed by atoms with E-state index in [0.717, 1.165) is 42.3 Å². The van der Waals surface area contributed by atoms with E-state index in [1.54, 1.807) is 0 Å². The number of hydrogen-bond donors (Lipinski definition) is 2. The first-order valence-corrected chi connectivity index (χ1v) is 8.04. The number of benzene rings is 1. The molecule has 0 amide bonds. The number of piperidine rings is 1. The lowest BCUT2D eigenvalue weighted by molar-refractivity contribution is 0.0921. The Balaban J connectivity index is 1.82. The number of hydrogen-bond acceptors (Lipinski definition) is 2. The van der Waals surface area contributed by atoms with Gasteiger partial charge in [0, 0.05) is 28.7 Å². The Hall–Kier alpha value is -1.32. The Kier molecular flexibility index (Phi) is 4.05. The zero-order valence-electron chi connectivity index (χ0n) is 13.3. The highest BCUT2D eigenvalue weighted by atomic mass is 16.3. The lowest BCUT2D eigenvalue weighted by Gasteiger charge is -2.31. The van der Waals surface area contributed by atoms with E-state index >= 15 is 0 Å². The first kappa shape index (κ1) is 14.6. The number of aliphatic hydroxyl groups is 1. The van der Waals surface area contributed by atoms with Gasteiger partial charge in [-0.3, -0.25) is 0 Å². The molecule has 3 heteroatoms. The molecule has 0 spiro atoms. The second-order valence-corrected chi connectivity index (χ2v) is 6.71. The van der Waals surface area contributed by atoms with Crippen molar-refractivity contribution in [3.05, 3.63) is 35.0 Å². The first-order chi connectivity index (χ1) is 10.0. The van der Waals surface area contributed by atoms with Gasteiger partial charge in [0.05, 0.1) is 6.10 Å². The van der Waals surface area contributed by atoms with Crippen LogP contribution >= 0.6 is 0 Å². The molecule has 3 nitrogen and oxygen atoms in total. The molecule has 1 aromatic carbocycles. The van der Waals surface area contributed by atoms with Crippen LogP contribution in [0.3, 0.4) is 0 Å². The molecule has 1 aliphatic heterocycles. The maximum Gasteiger partial charge on any atom is 0.0940 e. The van der Waals surface area contributed by atoms with Crippen molar-refractivity contribution in [1.29, 1.82) is 0 Å². The molecule has 114 valence electrons. The van der Waals surface area contributed by atoms with Gasteiger partial charge >= 0.3 is 0 Å². The summed E-state index contributed by atoms with van der Waals surface area (Å²) >= 11 is 0. The summed E-state index contributed by atoms with van der Waals surface area (Å²) in [6, 6.07) is 6.40. The quantitative estimate of drug-likeness (QED) is 0.905. The van der Waals surface area contributed by atoms with Crippen molar-refractivity contribution in [2.75, 3.05) is 19.6 Å². The van der Waals surface area contributed by atoms with Gasteiger partial charge < -0.3 is 15.0 Å². The van der Waals surface area contributed by atoms with Crippen LogP contribution in [-0.4, -0.2) is 34.6 Å². The molecule has 0 radical (unpaired) electrons. The molecule has 0 aliphatic carbocycles. The predicted octanol–water partition coefficient (Wildman–Crippen LogP) is 3.55. The number of nitrogens with one attached hydrogen (secondary N) is 1. The standard InChI is InChI=1S/C18H26N2O/c1-12-6-8-20(9-7-12)11-17(21)18-14(3)19-16-5-4-13(2)10-15(16)18/h4-5,10,12,17,19,21H,6-9,11H2,1-3H3. The largest absolute Gasteiger partial charge is 0.387 e. The molecular formula is C18H26N2O. The summed E-state index contributed by atoms with van der Waals surface area (Å²) in [4.78, 5) is 5.80. The molecule has 0 saturated carbocycles. The Morgan fingerprint density at radius 2 is 2.00 bits per heavy atom. The Labute approximate surface area is 127 Å². The number of likely N-dealkylation sites (tertiary alicyclic amines) is 1. The van der Waals surface area contributed by atoms with Gasteiger partial charge in [-0.05, 0) is 57.8 Å². The van der Waals surface area contributed by atoms with Gasteiger partial charge in [0.1, 0.15) is 0 Å². The highest BCUT2D eigenvalue weighted by Gasteiger charge is 2.22. The minimum absolute atomic E-state index is 0.408. The molecule has 1 atom stereocenters. The average Bonchev–Trinajstić information content (AvgIpc) is 2.76. The number of aliphatic hydroxyl groups excluding tert-OH is 1. The second-order valence-electron chi connectivity index (χ2n) is 6.71. The number of fused-ring (bicyclic) bond motifs is 1. The fourth-order valence-corrected chi connectivity index (χ4v) is 3.47. The molecule has 3 rings (SSSR count). The number of aromatic nitrogens is 1. The average molecular weight is 286 g/mol. The number of aryl methyl sites for hydroxylation is 2. The van der Waals surface area contributed by atoms with Crippen LogP contribution in [0.5, 0.6) is 0 Å².